The number of fused-ring (bicyclic) bond motifs is 1. The van der Waals surface area contributed by atoms with Crippen LogP contribution in [0.25, 0.3) is 6.08 Å². The predicted octanol–water partition coefficient (Wildman–Crippen LogP) is 3.98. The van der Waals surface area contributed by atoms with Crippen LogP contribution >= 0.6 is 0 Å². The first-order valence-corrected chi connectivity index (χ1v) is 8.02. The molecular formula is C20H21NO3. The molecule has 0 fully saturated rings. The summed E-state index contributed by atoms with van der Waals surface area (Å²) in [5.74, 6) is 1.43. The van der Waals surface area contributed by atoms with Gasteiger partial charge in [0.15, 0.2) is 6.73 Å². The van der Waals surface area contributed by atoms with Crippen LogP contribution in [0.1, 0.15) is 29.8 Å². The molecule has 4 nitrogen and oxygen atoms in total. The third-order valence-electron chi connectivity index (χ3n) is 3.75. The summed E-state index contributed by atoms with van der Waals surface area (Å²) in [6, 6.07) is 15.2. The fourth-order valence-corrected chi connectivity index (χ4v) is 2.58. The van der Waals surface area contributed by atoms with Crippen molar-refractivity contribution in [2.24, 2.45) is 0 Å². The minimum Gasteiger partial charge on any atom is -0.492 e. The Kier molecular flexibility index (Phi) is 4.85. The first-order valence-electron chi connectivity index (χ1n) is 8.02. The maximum Gasteiger partial charge on any atom is 0.260 e. The standard InChI is InChI=1S/C20H21NO3/c1-15(2)13-16-7-9-17(10-8-16)23-12-11-21-14-24-19-6-4-3-5-18(19)20(21)22/h3-10,13H,11-12,14H2,1-2H3. The highest BCUT2D eigenvalue weighted by molar-refractivity contribution is 5.97. The molecule has 0 unspecified atom stereocenters. The third-order valence-corrected chi connectivity index (χ3v) is 3.75. The lowest BCUT2D eigenvalue weighted by molar-refractivity contribution is 0.0482. The van der Waals surface area contributed by atoms with Crippen LogP contribution in [-0.4, -0.2) is 30.7 Å². The van der Waals surface area contributed by atoms with Crippen LogP contribution in [0.15, 0.2) is 54.1 Å². The molecule has 4 heteroatoms. The molecule has 2 aromatic carbocycles. The van der Waals surface area contributed by atoms with E-state index in [-0.39, 0.29) is 12.6 Å². The SMILES string of the molecule is CC(C)=Cc1ccc(OCCN2COc3ccccc3C2=O)cc1. The van der Waals surface area contributed by atoms with Crippen LogP contribution in [0.2, 0.25) is 0 Å². The smallest absolute Gasteiger partial charge is 0.260 e. The van der Waals surface area contributed by atoms with Gasteiger partial charge in [0.25, 0.3) is 5.91 Å². The van der Waals surface area contributed by atoms with E-state index in [9.17, 15) is 4.79 Å². The van der Waals surface area contributed by atoms with Gasteiger partial charge in [0.2, 0.25) is 0 Å². The highest BCUT2D eigenvalue weighted by Crippen LogP contribution is 2.24. The van der Waals surface area contributed by atoms with Crippen LogP contribution in [0.4, 0.5) is 0 Å². The number of hydrogen-bond acceptors (Lipinski definition) is 3. The molecule has 1 aliphatic heterocycles. The minimum atomic E-state index is -0.0145. The van der Waals surface area contributed by atoms with E-state index in [4.69, 9.17) is 9.47 Å². The second-order valence-corrected chi connectivity index (χ2v) is 5.98. The molecule has 1 amide bonds. The zero-order valence-corrected chi connectivity index (χ0v) is 14.0. The number of carbonyl (C=O) groups is 1. The van der Waals surface area contributed by atoms with Crippen molar-refractivity contribution in [1.29, 1.82) is 0 Å². The predicted molar refractivity (Wildman–Crippen MR) is 94.2 cm³/mol. The summed E-state index contributed by atoms with van der Waals surface area (Å²) in [4.78, 5) is 14.0. The first-order chi connectivity index (χ1) is 11.6. The largest absolute Gasteiger partial charge is 0.492 e. The summed E-state index contributed by atoms with van der Waals surface area (Å²) >= 11 is 0. The Morgan fingerprint density at radius 1 is 1.17 bits per heavy atom. The number of amides is 1. The molecular weight excluding hydrogens is 302 g/mol. The van der Waals surface area contributed by atoms with Crippen LogP contribution in [-0.2, 0) is 0 Å². The molecule has 1 aliphatic rings. The molecule has 0 bridgehead atoms. The van der Waals surface area contributed by atoms with Crippen LogP contribution in [0, 0.1) is 0 Å². The third kappa shape index (κ3) is 3.77. The minimum absolute atomic E-state index is 0.0145. The topological polar surface area (TPSA) is 38.8 Å². The van der Waals surface area contributed by atoms with Gasteiger partial charge in [0, 0.05) is 0 Å². The van der Waals surface area contributed by atoms with E-state index in [0.717, 1.165) is 11.3 Å². The van der Waals surface area contributed by atoms with E-state index in [1.165, 1.54) is 5.57 Å². The van der Waals surface area contributed by atoms with E-state index in [0.29, 0.717) is 24.5 Å². The Balaban J connectivity index is 1.54. The quantitative estimate of drug-likeness (QED) is 0.835. The van der Waals surface area contributed by atoms with Crippen molar-refractivity contribution >= 4 is 12.0 Å². The van der Waals surface area contributed by atoms with Gasteiger partial charge < -0.3 is 14.4 Å². The van der Waals surface area contributed by atoms with E-state index >= 15 is 0 Å². The van der Waals surface area contributed by atoms with Gasteiger partial charge in [-0.15, -0.1) is 0 Å². The number of hydrogen-bond donors (Lipinski definition) is 0. The average molecular weight is 323 g/mol. The molecule has 1 heterocycles. The summed E-state index contributed by atoms with van der Waals surface area (Å²) in [6.07, 6.45) is 2.12. The zero-order valence-electron chi connectivity index (χ0n) is 14.0. The summed E-state index contributed by atoms with van der Waals surface area (Å²) in [6.45, 7) is 5.32. The lowest BCUT2D eigenvalue weighted by atomic mass is 10.1. The highest BCUT2D eigenvalue weighted by atomic mass is 16.5. The van der Waals surface area contributed by atoms with E-state index < -0.39 is 0 Å². The summed E-state index contributed by atoms with van der Waals surface area (Å²) < 4.78 is 11.3. The van der Waals surface area contributed by atoms with Crippen molar-refractivity contribution in [3.8, 4) is 11.5 Å². The fourth-order valence-electron chi connectivity index (χ4n) is 2.58. The van der Waals surface area contributed by atoms with Gasteiger partial charge in [-0.05, 0) is 43.7 Å². The molecule has 124 valence electrons. The van der Waals surface area contributed by atoms with Gasteiger partial charge in [-0.1, -0.05) is 35.9 Å². The van der Waals surface area contributed by atoms with Crippen LogP contribution < -0.4 is 9.47 Å². The Hall–Kier alpha value is -2.75. The molecule has 3 rings (SSSR count). The maximum absolute atomic E-state index is 12.4. The monoisotopic (exact) mass is 323 g/mol. The van der Waals surface area contributed by atoms with Crippen LogP contribution in [0.5, 0.6) is 11.5 Å². The van der Waals surface area contributed by atoms with Gasteiger partial charge in [-0.3, -0.25) is 4.79 Å². The molecule has 0 radical (unpaired) electrons. The molecule has 2 aromatic rings. The van der Waals surface area contributed by atoms with Gasteiger partial charge >= 0.3 is 0 Å². The van der Waals surface area contributed by atoms with Gasteiger partial charge in [0.05, 0.1) is 12.1 Å². The van der Waals surface area contributed by atoms with Crippen molar-refractivity contribution in [2.45, 2.75) is 13.8 Å². The molecule has 0 spiro atoms. The van der Waals surface area contributed by atoms with Crippen molar-refractivity contribution in [3.05, 3.63) is 65.2 Å². The normalized spacial score (nSPS) is 13.1. The van der Waals surface area contributed by atoms with Crippen molar-refractivity contribution < 1.29 is 14.3 Å². The second-order valence-electron chi connectivity index (χ2n) is 5.98. The van der Waals surface area contributed by atoms with Crippen molar-refractivity contribution in [3.63, 3.8) is 0 Å². The van der Waals surface area contributed by atoms with Crippen molar-refractivity contribution in [1.82, 2.24) is 4.90 Å². The Morgan fingerprint density at radius 2 is 1.92 bits per heavy atom. The Bertz CT molecular complexity index is 746. The maximum atomic E-state index is 12.4. The number of rotatable bonds is 5. The highest BCUT2D eigenvalue weighted by Gasteiger charge is 2.24. The number of carbonyl (C=O) groups excluding carboxylic acids is 1. The van der Waals surface area contributed by atoms with E-state index in [1.807, 2.05) is 42.5 Å². The lowest BCUT2D eigenvalue weighted by Gasteiger charge is -2.28. The molecule has 0 saturated carbocycles. The summed E-state index contributed by atoms with van der Waals surface area (Å²) in [5, 5.41) is 0. The number of nitrogens with zero attached hydrogens (tertiary/aromatic N) is 1. The van der Waals surface area contributed by atoms with Gasteiger partial charge in [0.1, 0.15) is 18.1 Å². The van der Waals surface area contributed by atoms with Gasteiger partial charge in [-0.25, -0.2) is 0 Å². The molecule has 24 heavy (non-hydrogen) atoms. The lowest BCUT2D eigenvalue weighted by Crippen LogP contribution is -2.40. The molecule has 0 N–H and O–H groups in total. The fraction of sp³-hybridized carbons (Fsp3) is 0.250. The van der Waals surface area contributed by atoms with Crippen LogP contribution in [0.3, 0.4) is 0 Å². The Labute approximate surface area is 142 Å². The molecule has 0 saturated heterocycles. The number of benzene rings is 2. The number of ether oxygens (including phenoxy) is 2. The number of allylic oxidation sites excluding steroid dienone is 1. The molecule has 0 aliphatic carbocycles. The van der Waals surface area contributed by atoms with Gasteiger partial charge in [-0.2, -0.15) is 0 Å². The zero-order chi connectivity index (χ0) is 16.9. The number of para-hydroxylation sites is 1. The summed E-state index contributed by atoms with van der Waals surface area (Å²) in [7, 11) is 0. The molecule has 0 atom stereocenters. The van der Waals surface area contributed by atoms with Crippen molar-refractivity contribution in [2.75, 3.05) is 19.9 Å². The Morgan fingerprint density at radius 3 is 2.67 bits per heavy atom. The van der Waals surface area contributed by atoms with E-state index in [1.54, 1.807) is 11.0 Å². The second kappa shape index (κ2) is 7.21. The average Bonchev–Trinajstić information content (AvgIpc) is 2.58. The molecule has 0 aromatic heterocycles. The summed E-state index contributed by atoms with van der Waals surface area (Å²) in [5.41, 5.74) is 3.01. The first kappa shape index (κ1) is 16.1. The van der Waals surface area contributed by atoms with E-state index in [2.05, 4.69) is 19.9 Å².